The molecule has 0 aliphatic rings. The van der Waals surface area contributed by atoms with Gasteiger partial charge in [0.1, 0.15) is 0 Å². The molecule has 0 saturated carbocycles. The van der Waals surface area contributed by atoms with Gasteiger partial charge in [-0.3, -0.25) is 0 Å². The Kier molecular flexibility index (Phi) is 7.73. The van der Waals surface area contributed by atoms with E-state index in [9.17, 15) is 9.59 Å². The Bertz CT molecular complexity index is 261. The van der Waals surface area contributed by atoms with E-state index >= 15 is 0 Å². The van der Waals surface area contributed by atoms with E-state index < -0.39 is 24.1 Å². The Morgan fingerprint density at radius 1 is 1.35 bits per heavy atom. The number of urea groups is 1. The number of hydrogen-bond acceptors (Lipinski definition) is 4. The van der Waals surface area contributed by atoms with Gasteiger partial charge in [-0.25, -0.2) is 9.59 Å². The number of hydrogen-bond donors (Lipinski definition) is 4. The highest BCUT2D eigenvalue weighted by Gasteiger charge is 2.24. The number of thioether (sulfide) groups is 1. The molecule has 0 aliphatic heterocycles. The Labute approximate surface area is 105 Å². The normalized spacial score (nSPS) is 15.8. The number of aliphatic carboxylic acids is 1. The minimum atomic E-state index is -1.28. The maximum Gasteiger partial charge on any atom is 0.328 e. The van der Waals surface area contributed by atoms with Gasteiger partial charge in [-0.15, -0.1) is 0 Å². The average Bonchev–Trinajstić information content (AvgIpc) is 2.24. The van der Waals surface area contributed by atoms with Gasteiger partial charge in [0.15, 0.2) is 6.04 Å². The van der Waals surface area contributed by atoms with Crippen molar-refractivity contribution < 1.29 is 19.8 Å². The summed E-state index contributed by atoms with van der Waals surface area (Å²) in [4.78, 5) is 22.0. The van der Waals surface area contributed by atoms with Crippen LogP contribution in [0.5, 0.6) is 0 Å². The van der Waals surface area contributed by atoms with Crippen molar-refractivity contribution in [2.75, 3.05) is 12.8 Å². The number of carboxylic acid groups (broad SMARTS) is 1. The zero-order valence-electron chi connectivity index (χ0n) is 10.3. The molecule has 0 rings (SSSR count). The quantitative estimate of drug-likeness (QED) is 0.529. The van der Waals surface area contributed by atoms with Gasteiger partial charge in [0.25, 0.3) is 0 Å². The zero-order chi connectivity index (χ0) is 13.4. The number of rotatable bonds is 7. The summed E-state index contributed by atoms with van der Waals surface area (Å²) < 4.78 is 0. The first kappa shape index (κ1) is 16.1. The highest BCUT2D eigenvalue weighted by atomic mass is 32.2. The smallest absolute Gasteiger partial charge is 0.328 e. The van der Waals surface area contributed by atoms with Gasteiger partial charge < -0.3 is 20.8 Å². The lowest BCUT2D eigenvalue weighted by atomic mass is 10.2. The van der Waals surface area contributed by atoms with Gasteiger partial charge in [0.2, 0.25) is 0 Å². The Morgan fingerprint density at radius 2 is 1.94 bits per heavy atom. The van der Waals surface area contributed by atoms with Gasteiger partial charge in [0.05, 0.1) is 6.10 Å². The first-order valence-electron chi connectivity index (χ1n) is 5.36. The fourth-order valence-electron chi connectivity index (χ4n) is 1.09. The molecule has 2 amide bonds. The van der Waals surface area contributed by atoms with Crippen molar-refractivity contribution >= 4 is 23.8 Å². The Hall–Kier alpha value is -0.950. The molecule has 0 saturated heterocycles. The lowest BCUT2D eigenvalue weighted by molar-refractivity contribution is -0.141. The molecule has 100 valence electrons. The minimum Gasteiger partial charge on any atom is -0.480 e. The van der Waals surface area contributed by atoms with E-state index in [1.807, 2.05) is 13.2 Å². The first-order chi connectivity index (χ1) is 7.88. The largest absolute Gasteiger partial charge is 0.480 e. The number of aliphatic hydroxyl groups excluding tert-OH is 1. The maximum absolute atomic E-state index is 11.3. The van der Waals surface area contributed by atoms with Crippen LogP contribution in [0.1, 0.15) is 20.3 Å². The monoisotopic (exact) mass is 264 g/mol. The van der Waals surface area contributed by atoms with E-state index in [2.05, 4.69) is 10.6 Å². The number of carbonyl (C=O) groups excluding carboxylic acids is 1. The third kappa shape index (κ3) is 7.06. The molecular formula is C10H20N2O4S. The van der Waals surface area contributed by atoms with E-state index in [0.717, 1.165) is 6.42 Å². The molecule has 0 aromatic rings. The van der Waals surface area contributed by atoms with Gasteiger partial charge in [-0.1, -0.05) is 6.92 Å². The van der Waals surface area contributed by atoms with Crippen molar-refractivity contribution in [1.29, 1.82) is 0 Å². The van der Waals surface area contributed by atoms with Gasteiger partial charge in [-0.05, 0) is 19.6 Å². The molecule has 0 heterocycles. The second-order valence-corrected chi connectivity index (χ2v) is 5.07. The van der Waals surface area contributed by atoms with Crippen molar-refractivity contribution in [3.8, 4) is 0 Å². The average molecular weight is 264 g/mol. The molecule has 0 spiro atoms. The molecule has 0 fully saturated rings. The van der Waals surface area contributed by atoms with Gasteiger partial charge >= 0.3 is 12.0 Å². The summed E-state index contributed by atoms with van der Waals surface area (Å²) in [6.07, 6.45) is 1.66. The van der Waals surface area contributed by atoms with Crippen molar-refractivity contribution in [1.82, 2.24) is 10.6 Å². The molecule has 0 aromatic carbocycles. The standard InChI is InChI=1S/C10H20N2O4S/c1-6(17-3)4-5-11-10(16)12-8(7(2)13)9(14)15/h6-8,13H,4-5H2,1-3H3,(H,14,15)(H2,11,12,16). The SMILES string of the molecule is CSC(C)CCNC(=O)NC(C(=O)O)C(C)O. The van der Waals surface area contributed by atoms with E-state index in [4.69, 9.17) is 10.2 Å². The molecule has 6 nitrogen and oxygen atoms in total. The van der Waals surface area contributed by atoms with Gasteiger partial charge in [0, 0.05) is 11.8 Å². The van der Waals surface area contributed by atoms with Crippen molar-refractivity contribution in [2.45, 2.75) is 37.7 Å². The molecule has 17 heavy (non-hydrogen) atoms. The number of carbonyl (C=O) groups is 2. The van der Waals surface area contributed by atoms with Crippen LogP contribution in [0.2, 0.25) is 0 Å². The second kappa shape index (κ2) is 8.19. The molecule has 3 atom stereocenters. The summed E-state index contributed by atoms with van der Waals surface area (Å²) in [5, 5.41) is 23.1. The van der Waals surface area contributed by atoms with Crippen LogP contribution in [0.25, 0.3) is 0 Å². The van der Waals surface area contributed by atoms with E-state index in [1.165, 1.54) is 6.92 Å². The molecule has 0 bridgehead atoms. The van der Waals surface area contributed by atoms with Crippen LogP contribution in [-0.4, -0.2) is 52.4 Å². The third-order valence-corrected chi connectivity index (χ3v) is 3.31. The van der Waals surface area contributed by atoms with E-state index in [1.54, 1.807) is 11.8 Å². The fraction of sp³-hybridized carbons (Fsp3) is 0.800. The third-order valence-electron chi connectivity index (χ3n) is 2.27. The van der Waals surface area contributed by atoms with E-state index in [-0.39, 0.29) is 0 Å². The summed E-state index contributed by atoms with van der Waals surface area (Å²) in [5.74, 6) is -1.26. The lowest BCUT2D eigenvalue weighted by Crippen LogP contribution is -2.51. The molecular weight excluding hydrogens is 244 g/mol. The highest BCUT2D eigenvalue weighted by molar-refractivity contribution is 7.99. The maximum atomic E-state index is 11.3. The molecule has 0 radical (unpaired) electrons. The lowest BCUT2D eigenvalue weighted by Gasteiger charge is -2.17. The summed E-state index contributed by atoms with van der Waals surface area (Å²) in [6.45, 7) is 3.83. The molecule has 4 N–H and O–H groups in total. The molecule has 0 aliphatic carbocycles. The summed E-state index contributed by atoms with van der Waals surface area (Å²) in [5.41, 5.74) is 0. The highest BCUT2D eigenvalue weighted by Crippen LogP contribution is 2.07. The minimum absolute atomic E-state index is 0.433. The summed E-state index contributed by atoms with van der Waals surface area (Å²) in [7, 11) is 0. The summed E-state index contributed by atoms with van der Waals surface area (Å²) >= 11 is 1.69. The fourth-order valence-corrected chi connectivity index (χ4v) is 1.44. The Morgan fingerprint density at radius 3 is 2.35 bits per heavy atom. The first-order valence-corrected chi connectivity index (χ1v) is 6.65. The molecule has 7 heteroatoms. The predicted octanol–water partition coefficient (Wildman–Crippen LogP) is 0.261. The van der Waals surface area contributed by atoms with Crippen LogP contribution in [0.15, 0.2) is 0 Å². The van der Waals surface area contributed by atoms with E-state index in [0.29, 0.717) is 11.8 Å². The van der Waals surface area contributed by atoms with Crippen LogP contribution in [0.3, 0.4) is 0 Å². The molecule has 0 aromatic heterocycles. The van der Waals surface area contributed by atoms with Crippen LogP contribution in [-0.2, 0) is 4.79 Å². The van der Waals surface area contributed by atoms with Crippen LogP contribution >= 0.6 is 11.8 Å². The second-order valence-electron chi connectivity index (χ2n) is 3.79. The van der Waals surface area contributed by atoms with Crippen LogP contribution in [0, 0.1) is 0 Å². The number of carboxylic acids is 1. The van der Waals surface area contributed by atoms with Gasteiger partial charge in [-0.2, -0.15) is 11.8 Å². The topological polar surface area (TPSA) is 98.7 Å². The van der Waals surface area contributed by atoms with Crippen LogP contribution < -0.4 is 10.6 Å². The molecule has 3 unspecified atom stereocenters. The number of amides is 2. The van der Waals surface area contributed by atoms with Crippen molar-refractivity contribution in [3.05, 3.63) is 0 Å². The zero-order valence-corrected chi connectivity index (χ0v) is 11.1. The number of aliphatic hydroxyl groups is 1. The Balaban J connectivity index is 3.95. The predicted molar refractivity (Wildman–Crippen MR) is 67.2 cm³/mol. The van der Waals surface area contributed by atoms with Crippen molar-refractivity contribution in [3.63, 3.8) is 0 Å². The van der Waals surface area contributed by atoms with Crippen LogP contribution in [0.4, 0.5) is 4.79 Å². The van der Waals surface area contributed by atoms with Crippen molar-refractivity contribution in [2.24, 2.45) is 0 Å². The summed E-state index contributed by atoms with van der Waals surface area (Å²) in [6, 6.07) is -1.86. The number of nitrogens with one attached hydrogen (secondary N) is 2.